The molecular weight excluding hydrogens is 474 g/mol. The van der Waals surface area contributed by atoms with Crippen LogP contribution in [0.2, 0.25) is 5.02 Å². The van der Waals surface area contributed by atoms with Crippen LogP contribution in [0.25, 0.3) is 10.9 Å². The molecule has 2 heterocycles. The van der Waals surface area contributed by atoms with Gasteiger partial charge in [-0.05, 0) is 69.0 Å². The van der Waals surface area contributed by atoms with E-state index in [2.05, 4.69) is 47.1 Å². The maximum absolute atomic E-state index is 11.4. The summed E-state index contributed by atoms with van der Waals surface area (Å²) in [6.07, 6.45) is 3.62. The summed E-state index contributed by atoms with van der Waals surface area (Å²) in [7, 11) is 3.79. The number of nitriles is 1. The Morgan fingerprint density at radius 3 is 2.72 bits per heavy atom. The summed E-state index contributed by atoms with van der Waals surface area (Å²) < 4.78 is 5.14. The van der Waals surface area contributed by atoms with E-state index < -0.39 is 0 Å². The van der Waals surface area contributed by atoms with Gasteiger partial charge in [-0.1, -0.05) is 31.5 Å². The highest BCUT2D eigenvalue weighted by atomic mass is 35.5. The molecule has 2 aromatic carbocycles. The first-order chi connectivity index (χ1) is 17.4. The maximum Gasteiger partial charge on any atom is 0.153 e. The van der Waals surface area contributed by atoms with E-state index in [1.54, 1.807) is 37.4 Å². The van der Waals surface area contributed by atoms with E-state index in [9.17, 15) is 4.79 Å². The Bertz CT molecular complexity index is 1230. The molecule has 7 nitrogen and oxygen atoms in total. The lowest BCUT2D eigenvalue weighted by atomic mass is 10.1. The molecule has 0 amide bonds. The first-order valence-electron chi connectivity index (χ1n) is 12.2. The summed E-state index contributed by atoms with van der Waals surface area (Å²) in [4.78, 5) is 20.6. The lowest BCUT2D eigenvalue weighted by Gasteiger charge is -2.22. The van der Waals surface area contributed by atoms with Crippen molar-refractivity contribution >= 4 is 34.5 Å². The summed E-state index contributed by atoms with van der Waals surface area (Å²) in [5.74, 6) is 0.604. The standard InChI is InChI=1S/C19H14ClN3O2.C9H20N2/c1-25-18-5-3-13(7-16(18)20)9-23-19-14(11-24)10-22-17-4-2-12(8-21)6-15(17)19;1-4-10(3)9-6-7-11(5-2)8-9/h2-7,10-11H,9H2,1H3,(H,22,23);9H,4-8H2,1-3H3. The van der Waals surface area contributed by atoms with E-state index in [4.69, 9.17) is 21.6 Å². The third-order valence-electron chi connectivity index (χ3n) is 6.66. The molecule has 1 aliphatic rings. The number of hydrogen-bond donors (Lipinski definition) is 1. The van der Waals surface area contributed by atoms with Gasteiger partial charge in [0.05, 0.1) is 40.5 Å². The summed E-state index contributed by atoms with van der Waals surface area (Å²) in [6, 6.07) is 13.6. The number of halogens is 1. The van der Waals surface area contributed by atoms with Gasteiger partial charge in [0.2, 0.25) is 0 Å². The minimum atomic E-state index is 0.433. The molecule has 3 aromatic rings. The number of pyridine rings is 1. The Balaban J connectivity index is 0.000000275. The number of likely N-dealkylation sites (N-methyl/N-ethyl adjacent to an activating group) is 2. The van der Waals surface area contributed by atoms with Crippen LogP contribution in [0.4, 0.5) is 5.69 Å². The number of aldehydes is 1. The molecule has 4 rings (SSSR count). The van der Waals surface area contributed by atoms with E-state index in [0.717, 1.165) is 23.3 Å². The molecule has 1 unspecified atom stereocenters. The number of rotatable bonds is 8. The molecular formula is C28H34ClN5O2. The zero-order valence-corrected chi connectivity index (χ0v) is 22.2. The molecule has 8 heteroatoms. The summed E-state index contributed by atoms with van der Waals surface area (Å²) >= 11 is 6.15. The zero-order chi connectivity index (χ0) is 26.1. The first-order valence-corrected chi connectivity index (χ1v) is 12.6. The average Bonchev–Trinajstić information content (AvgIpc) is 3.40. The summed E-state index contributed by atoms with van der Waals surface area (Å²) in [5.41, 5.74) is 3.23. The molecule has 1 fully saturated rings. The van der Waals surface area contributed by atoms with E-state index in [1.807, 2.05) is 6.07 Å². The predicted molar refractivity (Wildman–Crippen MR) is 146 cm³/mol. The van der Waals surface area contributed by atoms with Crippen LogP contribution < -0.4 is 10.1 Å². The Kier molecular flexibility index (Phi) is 10.1. The number of hydrogen-bond acceptors (Lipinski definition) is 7. The number of likely N-dealkylation sites (tertiary alicyclic amines) is 1. The van der Waals surface area contributed by atoms with Crippen LogP contribution in [0.3, 0.4) is 0 Å². The number of benzene rings is 2. The van der Waals surface area contributed by atoms with E-state index in [1.165, 1.54) is 38.8 Å². The lowest BCUT2D eigenvalue weighted by molar-refractivity contribution is 0.112. The second kappa shape index (κ2) is 13.2. The summed E-state index contributed by atoms with van der Waals surface area (Å²) in [5, 5.41) is 13.6. The van der Waals surface area contributed by atoms with Gasteiger partial charge in [-0.15, -0.1) is 0 Å². The molecule has 0 bridgehead atoms. The van der Waals surface area contributed by atoms with Gasteiger partial charge in [0.15, 0.2) is 6.29 Å². The van der Waals surface area contributed by atoms with Crippen LogP contribution in [-0.4, -0.2) is 67.4 Å². The molecule has 1 aromatic heterocycles. The van der Waals surface area contributed by atoms with Crippen molar-refractivity contribution in [1.29, 1.82) is 5.26 Å². The molecule has 0 aliphatic carbocycles. The van der Waals surface area contributed by atoms with E-state index in [0.29, 0.717) is 39.6 Å². The van der Waals surface area contributed by atoms with Gasteiger partial charge in [-0.2, -0.15) is 5.26 Å². The van der Waals surface area contributed by atoms with Gasteiger partial charge in [-0.3, -0.25) is 9.78 Å². The number of nitrogens with one attached hydrogen (secondary N) is 1. The van der Waals surface area contributed by atoms with Gasteiger partial charge in [0, 0.05) is 30.7 Å². The number of fused-ring (bicyclic) bond motifs is 1. The van der Waals surface area contributed by atoms with Crippen LogP contribution in [0, 0.1) is 11.3 Å². The Hall–Kier alpha value is -3.18. The zero-order valence-electron chi connectivity index (χ0n) is 21.4. The number of carbonyl (C=O) groups is 1. The SMILES string of the molecule is CCN1CCC(N(C)CC)C1.COc1ccc(CNc2c(C=O)cnc3ccc(C#N)cc23)cc1Cl. The third-order valence-corrected chi connectivity index (χ3v) is 6.95. The van der Waals surface area contributed by atoms with Crippen LogP contribution in [0.1, 0.15) is 41.8 Å². The first kappa shape index (κ1) is 27.4. The Morgan fingerprint density at radius 2 is 2.11 bits per heavy atom. The quantitative estimate of drug-likeness (QED) is 0.418. The minimum absolute atomic E-state index is 0.433. The van der Waals surface area contributed by atoms with E-state index >= 15 is 0 Å². The van der Waals surface area contributed by atoms with Crippen molar-refractivity contribution in [1.82, 2.24) is 14.8 Å². The van der Waals surface area contributed by atoms with Crippen LogP contribution >= 0.6 is 11.6 Å². The molecule has 1 N–H and O–H groups in total. The summed E-state index contributed by atoms with van der Waals surface area (Å²) in [6.45, 7) is 9.91. The minimum Gasteiger partial charge on any atom is -0.495 e. The molecule has 1 atom stereocenters. The second-order valence-corrected chi connectivity index (χ2v) is 9.19. The number of nitrogens with zero attached hydrogens (tertiary/aromatic N) is 4. The monoisotopic (exact) mass is 507 g/mol. The normalized spacial score (nSPS) is 15.3. The largest absolute Gasteiger partial charge is 0.495 e. The molecule has 0 saturated carbocycles. The highest BCUT2D eigenvalue weighted by Crippen LogP contribution is 2.28. The van der Waals surface area contributed by atoms with E-state index in [-0.39, 0.29) is 0 Å². The second-order valence-electron chi connectivity index (χ2n) is 8.78. The number of anilines is 1. The van der Waals surface area contributed by atoms with Crippen molar-refractivity contribution in [2.45, 2.75) is 32.9 Å². The topological polar surface area (TPSA) is 81.5 Å². The lowest BCUT2D eigenvalue weighted by Crippen LogP contribution is -2.34. The predicted octanol–water partition coefficient (Wildman–Crippen LogP) is 5.23. The highest BCUT2D eigenvalue weighted by molar-refractivity contribution is 6.32. The molecule has 1 aliphatic heterocycles. The average molecular weight is 508 g/mol. The van der Waals surface area contributed by atoms with Crippen molar-refractivity contribution < 1.29 is 9.53 Å². The van der Waals surface area contributed by atoms with Crippen LogP contribution in [0.15, 0.2) is 42.6 Å². The fourth-order valence-corrected chi connectivity index (χ4v) is 4.57. The molecule has 0 spiro atoms. The van der Waals surface area contributed by atoms with Crippen molar-refractivity contribution in [3.05, 3.63) is 64.3 Å². The van der Waals surface area contributed by atoms with Crippen molar-refractivity contribution in [2.24, 2.45) is 0 Å². The number of methoxy groups -OCH3 is 1. The van der Waals surface area contributed by atoms with Crippen LogP contribution in [0.5, 0.6) is 5.75 Å². The molecule has 1 saturated heterocycles. The fourth-order valence-electron chi connectivity index (χ4n) is 4.29. The van der Waals surface area contributed by atoms with Crippen molar-refractivity contribution in [3.8, 4) is 11.8 Å². The third kappa shape index (κ3) is 6.73. The van der Waals surface area contributed by atoms with Gasteiger partial charge in [0.1, 0.15) is 5.75 Å². The van der Waals surface area contributed by atoms with Gasteiger partial charge < -0.3 is 19.9 Å². The van der Waals surface area contributed by atoms with Crippen molar-refractivity contribution in [2.75, 3.05) is 45.7 Å². The Labute approximate surface area is 218 Å². The van der Waals surface area contributed by atoms with Gasteiger partial charge in [0.25, 0.3) is 0 Å². The highest BCUT2D eigenvalue weighted by Gasteiger charge is 2.23. The molecule has 36 heavy (non-hydrogen) atoms. The smallest absolute Gasteiger partial charge is 0.153 e. The van der Waals surface area contributed by atoms with Gasteiger partial charge in [-0.25, -0.2) is 0 Å². The molecule has 0 radical (unpaired) electrons. The van der Waals surface area contributed by atoms with Crippen LogP contribution in [-0.2, 0) is 6.54 Å². The maximum atomic E-state index is 11.4. The number of ether oxygens (including phenoxy) is 1. The molecule has 190 valence electrons. The Morgan fingerprint density at radius 1 is 1.31 bits per heavy atom. The number of carbonyl (C=O) groups excluding carboxylic acids is 1. The number of aromatic nitrogens is 1. The van der Waals surface area contributed by atoms with Crippen molar-refractivity contribution in [3.63, 3.8) is 0 Å². The van der Waals surface area contributed by atoms with Gasteiger partial charge >= 0.3 is 0 Å². The fraction of sp³-hybridized carbons (Fsp3) is 0.393.